The van der Waals surface area contributed by atoms with Gasteiger partial charge in [-0.05, 0) is 29.8 Å². The van der Waals surface area contributed by atoms with Crippen molar-refractivity contribution in [3.8, 4) is 11.8 Å². The zero-order chi connectivity index (χ0) is 14.4. The summed E-state index contributed by atoms with van der Waals surface area (Å²) in [6.07, 6.45) is 1.66. The first-order valence-electron chi connectivity index (χ1n) is 6.00. The molecule has 0 bridgehead atoms. The first-order valence-corrected chi connectivity index (χ1v) is 6.37. The van der Waals surface area contributed by atoms with E-state index < -0.39 is 0 Å². The monoisotopic (exact) mass is 284 g/mol. The standard InChI is InChI=1S/C16H13ClN2O/c1-20-16-4-2-3-15(9-16)19-11-13(10-18)12-5-7-14(17)8-6-12/h2-9,11,19H,1H3/b13-11-. The van der Waals surface area contributed by atoms with Crippen molar-refractivity contribution < 1.29 is 4.74 Å². The van der Waals surface area contributed by atoms with Gasteiger partial charge in [-0.15, -0.1) is 0 Å². The first kappa shape index (κ1) is 14.0. The zero-order valence-corrected chi connectivity index (χ0v) is 11.7. The minimum atomic E-state index is 0.532. The van der Waals surface area contributed by atoms with E-state index in [4.69, 9.17) is 16.3 Å². The quantitative estimate of drug-likeness (QED) is 0.850. The van der Waals surface area contributed by atoms with Crippen LogP contribution in [0.2, 0.25) is 5.02 Å². The maximum Gasteiger partial charge on any atom is 0.120 e. The second kappa shape index (κ2) is 6.65. The molecule has 4 heteroatoms. The highest BCUT2D eigenvalue weighted by atomic mass is 35.5. The number of anilines is 1. The van der Waals surface area contributed by atoms with Gasteiger partial charge in [0.05, 0.1) is 12.7 Å². The summed E-state index contributed by atoms with van der Waals surface area (Å²) in [6, 6.07) is 16.8. The van der Waals surface area contributed by atoms with Gasteiger partial charge in [-0.25, -0.2) is 0 Å². The van der Waals surface area contributed by atoms with Gasteiger partial charge in [0.25, 0.3) is 0 Å². The van der Waals surface area contributed by atoms with Gasteiger partial charge in [-0.3, -0.25) is 0 Å². The average molecular weight is 285 g/mol. The summed E-state index contributed by atoms with van der Waals surface area (Å²) in [5.41, 5.74) is 2.20. The molecular weight excluding hydrogens is 272 g/mol. The molecule has 0 radical (unpaired) electrons. The number of nitrogens with one attached hydrogen (secondary N) is 1. The van der Waals surface area contributed by atoms with Crippen molar-refractivity contribution in [1.82, 2.24) is 0 Å². The zero-order valence-electron chi connectivity index (χ0n) is 10.9. The Kier molecular flexibility index (Phi) is 4.65. The lowest BCUT2D eigenvalue weighted by Crippen LogP contribution is -1.92. The lowest BCUT2D eigenvalue weighted by Gasteiger charge is -2.05. The fourth-order valence-corrected chi connectivity index (χ4v) is 1.80. The van der Waals surface area contributed by atoms with E-state index in [-0.39, 0.29) is 0 Å². The van der Waals surface area contributed by atoms with Crippen molar-refractivity contribution in [2.24, 2.45) is 0 Å². The molecule has 0 saturated carbocycles. The van der Waals surface area contributed by atoms with Gasteiger partial charge in [-0.1, -0.05) is 29.8 Å². The summed E-state index contributed by atoms with van der Waals surface area (Å²) in [7, 11) is 1.61. The number of methoxy groups -OCH3 is 1. The molecule has 0 aliphatic rings. The van der Waals surface area contributed by atoms with Crippen LogP contribution in [0.25, 0.3) is 5.57 Å². The van der Waals surface area contributed by atoms with Gasteiger partial charge >= 0.3 is 0 Å². The Hall–Kier alpha value is -2.44. The Morgan fingerprint density at radius 3 is 2.65 bits per heavy atom. The molecule has 0 aliphatic carbocycles. The van der Waals surface area contributed by atoms with Crippen molar-refractivity contribution in [3.63, 3.8) is 0 Å². The Morgan fingerprint density at radius 2 is 2.00 bits per heavy atom. The van der Waals surface area contributed by atoms with Crippen molar-refractivity contribution in [1.29, 1.82) is 5.26 Å². The predicted molar refractivity (Wildman–Crippen MR) is 81.7 cm³/mol. The smallest absolute Gasteiger partial charge is 0.120 e. The second-order valence-electron chi connectivity index (χ2n) is 4.05. The molecule has 0 aromatic heterocycles. The van der Waals surface area contributed by atoms with Crippen LogP contribution in [-0.4, -0.2) is 7.11 Å². The number of nitriles is 1. The average Bonchev–Trinajstić information content (AvgIpc) is 2.50. The first-order chi connectivity index (χ1) is 9.72. The summed E-state index contributed by atoms with van der Waals surface area (Å²) in [6.45, 7) is 0. The number of benzene rings is 2. The molecule has 20 heavy (non-hydrogen) atoms. The van der Waals surface area contributed by atoms with E-state index in [0.717, 1.165) is 17.0 Å². The molecule has 3 nitrogen and oxygen atoms in total. The molecule has 100 valence electrons. The highest BCUT2D eigenvalue weighted by Gasteiger charge is 2.00. The number of hydrogen-bond acceptors (Lipinski definition) is 3. The Balaban J connectivity index is 2.19. The molecular formula is C16H13ClN2O. The number of rotatable bonds is 4. The molecule has 0 aliphatic heterocycles. The maximum atomic E-state index is 9.21. The van der Waals surface area contributed by atoms with Gasteiger partial charge in [0, 0.05) is 23.0 Å². The maximum absolute atomic E-state index is 9.21. The van der Waals surface area contributed by atoms with E-state index >= 15 is 0 Å². The molecule has 0 fully saturated rings. The number of hydrogen-bond donors (Lipinski definition) is 1. The fraction of sp³-hybridized carbons (Fsp3) is 0.0625. The van der Waals surface area contributed by atoms with Gasteiger partial charge in [0.1, 0.15) is 11.8 Å². The fourth-order valence-electron chi connectivity index (χ4n) is 1.68. The van der Waals surface area contributed by atoms with Gasteiger partial charge in [0.2, 0.25) is 0 Å². The van der Waals surface area contributed by atoms with Crippen LogP contribution in [0.1, 0.15) is 5.56 Å². The number of nitrogens with zero attached hydrogens (tertiary/aromatic N) is 1. The Bertz CT molecular complexity index is 657. The summed E-state index contributed by atoms with van der Waals surface area (Å²) < 4.78 is 5.15. The highest BCUT2D eigenvalue weighted by Crippen LogP contribution is 2.20. The molecule has 0 saturated heterocycles. The van der Waals surface area contributed by atoms with Crippen molar-refractivity contribution in [2.75, 3.05) is 12.4 Å². The van der Waals surface area contributed by atoms with Crippen LogP contribution < -0.4 is 10.1 Å². The normalized spacial score (nSPS) is 10.8. The van der Waals surface area contributed by atoms with Gasteiger partial charge in [-0.2, -0.15) is 5.26 Å². The van der Waals surface area contributed by atoms with E-state index in [9.17, 15) is 5.26 Å². The molecule has 2 aromatic carbocycles. The summed E-state index contributed by atoms with van der Waals surface area (Å²) >= 11 is 5.83. The topological polar surface area (TPSA) is 45.0 Å². The van der Waals surface area contributed by atoms with Gasteiger partial charge < -0.3 is 10.1 Å². The third-order valence-corrected chi connectivity index (χ3v) is 2.98. The van der Waals surface area contributed by atoms with Crippen molar-refractivity contribution in [3.05, 3.63) is 65.3 Å². The van der Waals surface area contributed by atoms with E-state index in [1.807, 2.05) is 36.4 Å². The number of ether oxygens (including phenoxy) is 1. The van der Waals surface area contributed by atoms with Crippen LogP contribution in [0.15, 0.2) is 54.7 Å². The van der Waals surface area contributed by atoms with E-state index in [2.05, 4.69) is 11.4 Å². The van der Waals surface area contributed by atoms with Crippen LogP contribution in [0.3, 0.4) is 0 Å². The molecule has 0 unspecified atom stereocenters. The van der Waals surface area contributed by atoms with Crippen LogP contribution in [0.5, 0.6) is 5.75 Å². The SMILES string of the molecule is COc1cccc(N/C=C(/C#N)c2ccc(Cl)cc2)c1. The molecule has 2 rings (SSSR count). The summed E-state index contributed by atoms with van der Waals surface area (Å²) in [4.78, 5) is 0. The number of halogens is 1. The van der Waals surface area contributed by atoms with Crippen LogP contribution in [0, 0.1) is 11.3 Å². The molecule has 1 N–H and O–H groups in total. The Morgan fingerprint density at radius 1 is 1.25 bits per heavy atom. The lowest BCUT2D eigenvalue weighted by atomic mass is 10.1. The minimum Gasteiger partial charge on any atom is -0.497 e. The molecule has 2 aromatic rings. The molecule has 0 spiro atoms. The van der Waals surface area contributed by atoms with Gasteiger partial charge in [0.15, 0.2) is 0 Å². The lowest BCUT2D eigenvalue weighted by molar-refractivity contribution is 0.415. The second-order valence-corrected chi connectivity index (χ2v) is 4.49. The van der Waals surface area contributed by atoms with Crippen molar-refractivity contribution in [2.45, 2.75) is 0 Å². The van der Waals surface area contributed by atoms with E-state index in [1.54, 1.807) is 25.4 Å². The third-order valence-electron chi connectivity index (χ3n) is 2.73. The summed E-state index contributed by atoms with van der Waals surface area (Å²) in [5.74, 6) is 0.758. The molecule has 0 heterocycles. The predicted octanol–water partition coefficient (Wildman–Crippen LogP) is 4.33. The van der Waals surface area contributed by atoms with Crippen LogP contribution >= 0.6 is 11.6 Å². The number of allylic oxidation sites excluding steroid dienone is 1. The summed E-state index contributed by atoms with van der Waals surface area (Å²) in [5, 5.41) is 12.9. The molecule has 0 amide bonds. The third kappa shape index (κ3) is 3.53. The van der Waals surface area contributed by atoms with Crippen molar-refractivity contribution >= 4 is 22.9 Å². The Labute approximate surface area is 123 Å². The minimum absolute atomic E-state index is 0.532. The van der Waals surface area contributed by atoms with Crippen LogP contribution in [0.4, 0.5) is 5.69 Å². The largest absolute Gasteiger partial charge is 0.497 e. The van der Waals surface area contributed by atoms with E-state index in [0.29, 0.717) is 10.6 Å². The van der Waals surface area contributed by atoms with Crippen LogP contribution in [-0.2, 0) is 0 Å². The van der Waals surface area contributed by atoms with E-state index in [1.165, 1.54) is 0 Å². The molecule has 0 atom stereocenters. The highest BCUT2D eigenvalue weighted by molar-refractivity contribution is 6.30.